The molecule has 0 radical (unpaired) electrons. The first-order chi connectivity index (χ1) is 21.1. The van der Waals surface area contributed by atoms with Crippen LogP contribution in [0.25, 0.3) is 0 Å². The second-order valence-corrected chi connectivity index (χ2v) is 11.3. The second-order valence-electron chi connectivity index (χ2n) is 11.3. The fourth-order valence-corrected chi connectivity index (χ4v) is 5.07. The van der Waals surface area contributed by atoms with Crippen LogP contribution in [0.2, 0.25) is 0 Å². The Balaban J connectivity index is 1.38. The Labute approximate surface area is 257 Å². The van der Waals surface area contributed by atoms with Crippen molar-refractivity contribution in [3.05, 3.63) is 83.3 Å². The highest BCUT2D eigenvalue weighted by atomic mass is 16.6. The molecule has 7 nitrogen and oxygen atoms in total. The van der Waals surface area contributed by atoms with Crippen LogP contribution in [0.3, 0.4) is 0 Å². The van der Waals surface area contributed by atoms with Gasteiger partial charge in [-0.3, -0.25) is 4.79 Å². The molecule has 0 aromatic heterocycles. The van der Waals surface area contributed by atoms with Gasteiger partial charge in [-0.1, -0.05) is 145 Å². The van der Waals surface area contributed by atoms with Gasteiger partial charge in [0.05, 0.1) is 0 Å². The number of benzene rings is 2. The Kier molecular flexibility index (Phi) is 16.3. The zero-order chi connectivity index (χ0) is 30.5. The number of aliphatic hydroxyl groups is 1. The maximum atomic E-state index is 12.7. The average molecular weight is 595 g/mol. The van der Waals surface area contributed by atoms with E-state index in [1.54, 1.807) is 0 Å². The zero-order valence-corrected chi connectivity index (χ0v) is 25.8. The van der Waals surface area contributed by atoms with Gasteiger partial charge in [-0.25, -0.2) is 4.79 Å². The van der Waals surface area contributed by atoms with E-state index in [2.05, 4.69) is 6.92 Å². The molecule has 2 aromatic carbocycles. The van der Waals surface area contributed by atoms with Gasteiger partial charge in [0.2, 0.25) is 5.76 Å². The van der Waals surface area contributed by atoms with Crippen LogP contribution >= 0.6 is 0 Å². The Morgan fingerprint density at radius 3 is 1.77 bits per heavy atom. The molecule has 236 valence electrons. The van der Waals surface area contributed by atoms with E-state index in [-0.39, 0.29) is 37.3 Å². The molecule has 2 atom stereocenters. The van der Waals surface area contributed by atoms with Gasteiger partial charge in [-0.2, -0.15) is 0 Å². The van der Waals surface area contributed by atoms with Crippen LogP contribution in [-0.2, 0) is 41.8 Å². The Bertz CT molecular complexity index is 1080. The van der Waals surface area contributed by atoms with Crippen molar-refractivity contribution in [2.75, 3.05) is 6.61 Å². The van der Waals surface area contributed by atoms with Gasteiger partial charge >= 0.3 is 11.9 Å². The predicted molar refractivity (Wildman–Crippen MR) is 167 cm³/mol. The molecule has 1 aliphatic heterocycles. The maximum absolute atomic E-state index is 12.7. The van der Waals surface area contributed by atoms with Gasteiger partial charge in [0.25, 0.3) is 0 Å². The molecule has 43 heavy (non-hydrogen) atoms. The van der Waals surface area contributed by atoms with Crippen LogP contribution < -0.4 is 0 Å². The molecule has 0 bridgehead atoms. The normalized spacial score (nSPS) is 15.3. The standard InChI is InChI=1S/C36H50O7/c1-2-3-4-5-6-7-8-9-10-11-12-13-20-25-32(38)40-28-31(37)33-34(41-26-29-21-16-14-17-22-29)35(36(39)43-33)42-27-30-23-18-15-19-24-30/h14-19,21-24,31,33,37H,2-13,20,25-28H2,1H3/t31-,33+/m0/s1. The minimum atomic E-state index is -1.29. The molecule has 1 N–H and O–H groups in total. The molecule has 0 spiro atoms. The number of ether oxygens (including phenoxy) is 4. The lowest BCUT2D eigenvalue weighted by Gasteiger charge is -2.20. The number of carbonyl (C=O) groups is 2. The highest BCUT2D eigenvalue weighted by Gasteiger charge is 2.42. The lowest BCUT2D eigenvalue weighted by molar-refractivity contribution is -0.155. The molecule has 0 fully saturated rings. The number of carbonyl (C=O) groups excluding carboxylic acids is 2. The first-order valence-corrected chi connectivity index (χ1v) is 16.2. The number of aliphatic hydroxyl groups excluding tert-OH is 1. The summed E-state index contributed by atoms with van der Waals surface area (Å²) in [6, 6.07) is 18.9. The maximum Gasteiger partial charge on any atom is 0.378 e. The van der Waals surface area contributed by atoms with E-state index < -0.39 is 18.2 Å². The first-order valence-electron chi connectivity index (χ1n) is 16.2. The van der Waals surface area contributed by atoms with Gasteiger partial charge in [0.1, 0.15) is 25.9 Å². The third kappa shape index (κ3) is 13.2. The van der Waals surface area contributed by atoms with E-state index >= 15 is 0 Å². The van der Waals surface area contributed by atoms with Crippen molar-refractivity contribution in [3.63, 3.8) is 0 Å². The van der Waals surface area contributed by atoms with Gasteiger partial charge in [0, 0.05) is 6.42 Å². The fraction of sp³-hybridized carbons (Fsp3) is 0.556. The van der Waals surface area contributed by atoms with Crippen LogP contribution in [0, 0.1) is 0 Å². The van der Waals surface area contributed by atoms with Crippen molar-refractivity contribution in [1.29, 1.82) is 0 Å². The van der Waals surface area contributed by atoms with E-state index in [0.29, 0.717) is 6.42 Å². The molecule has 0 saturated heterocycles. The van der Waals surface area contributed by atoms with E-state index in [0.717, 1.165) is 30.4 Å². The largest absolute Gasteiger partial charge is 0.485 e. The van der Waals surface area contributed by atoms with Crippen LogP contribution in [0.1, 0.15) is 108 Å². The van der Waals surface area contributed by atoms with Crippen molar-refractivity contribution < 1.29 is 33.6 Å². The minimum Gasteiger partial charge on any atom is -0.485 e. The number of rotatable bonds is 23. The summed E-state index contributed by atoms with van der Waals surface area (Å²) in [5, 5.41) is 10.8. The summed E-state index contributed by atoms with van der Waals surface area (Å²) < 4.78 is 22.5. The molecule has 0 amide bonds. The Morgan fingerprint density at radius 1 is 0.744 bits per heavy atom. The zero-order valence-electron chi connectivity index (χ0n) is 25.8. The molecular formula is C36H50O7. The van der Waals surface area contributed by atoms with Gasteiger partial charge in [-0.15, -0.1) is 0 Å². The van der Waals surface area contributed by atoms with Gasteiger partial charge in [-0.05, 0) is 17.5 Å². The topological polar surface area (TPSA) is 91.3 Å². The highest BCUT2D eigenvalue weighted by molar-refractivity contribution is 5.89. The second kappa shape index (κ2) is 20.6. The molecule has 7 heteroatoms. The third-order valence-corrected chi connectivity index (χ3v) is 7.61. The van der Waals surface area contributed by atoms with Crippen molar-refractivity contribution in [2.24, 2.45) is 0 Å². The average Bonchev–Trinajstić information content (AvgIpc) is 3.35. The summed E-state index contributed by atoms with van der Waals surface area (Å²) in [4.78, 5) is 25.1. The third-order valence-electron chi connectivity index (χ3n) is 7.61. The van der Waals surface area contributed by atoms with E-state index in [4.69, 9.17) is 18.9 Å². The lowest BCUT2D eigenvalue weighted by Crippen LogP contribution is -2.34. The Hall–Kier alpha value is -3.32. The summed E-state index contributed by atoms with van der Waals surface area (Å²) in [5.41, 5.74) is 1.76. The molecule has 0 aliphatic carbocycles. The van der Waals surface area contributed by atoms with Crippen LogP contribution in [-0.4, -0.2) is 35.9 Å². The Morgan fingerprint density at radius 2 is 1.23 bits per heavy atom. The molecular weight excluding hydrogens is 544 g/mol. The smallest absolute Gasteiger partial charge is 0.378 e. The van der Waals surface area contributed by atoms with E-state index in [9.17, 15) is 14.7 Å². The van der Waals surface area contributed by atoms with Crippen LogP contribution in [0.5, 0.6) is 0 Å². The van der Waals surface area contributed by atoms with E-state index in [1.165, 1.54) is 64.2 Å². The minimum absolute atomic E-state index is 0.0814. The van der Waals surface area contributed by atoms with Gasteiger partial charge < -0.3 is 24.1 Å². The van der Waals surface area contributed by atoms with Crippen molar-refractivity contribution in [1.82, 2.24) is 0 Å². The number of unbranched alkanes of at least 4 members (excludes halogenated alkanes) is 12. The summed E-state index contributed by atoms with van der Waals surface area (Å²) in [6.45, 7) is 2.24. The van der Waals surface area contributed by atoms with E-state index in [1.807, 2.05) is 60.7 Å². The van der Waals surface area contributed by atoms with Crippen molar-refractivity contribution in [2.45, 2.75) is 122 Å². The quantitative estimate of drug-likeness (QED) is 0.103. The highest BCUT2D eigenvalue weighted by Crippen LogP contribution is 2.29. The SMILES string of the molecule is CCCCCCCCCCCCCCCC(=O)OC[C@H](O)[C@H]1OC(=O)C(OCc2ccccc2)=C1OCc1ccccc1. The van der Waals surface area contributed by atoms with Crippen molar-refractivity contribution >= 4 is 11.9 Å². The molecule has 2 aromatic rings. The predicted octanol–water partition coefficient (Wildman–Crippen LogP) is 7.94. The van der Waals surface area contributed by atoms with Gasteiger partial charge in [0.15, 0.2) is 11.9 Å². The molecule has 1 aliphatic rings. The molecule has 1 heterocycles. The van der Waals surface area contributed by atoms with Crippen molar-refractivity contribution in [3.8, 4) is 0 Å². The number of hydrogen-bond donors (Lipinski definition) is 1. The van der Waals surface area contributed by atoms with Crippen LogP contribution in [0.4, 0.5) is 0 Å². The lowest BCUT2D eigenvalue weighted by atomic mass is 10.0. The summed E-state index contributed by atoms with van der Waals surface area (Å²) in [6.07, 6.45) is 13.9. The number of hydrogen-bond acceptors (Lipinski definition) is 7. The fourth-order valence-electron chi connectivity index (χ4n) is 5.07. The molecule has 0 unspecified atom stereocenters. The van der Waals surface area contributed by atoms with Crippen LogP contribution in [0.15, 0.2) is 72.2 Å². The molecule has 0 saturated carbocycles. The summed E-state index contributed by atoms with van der Waals surface area (Å²) in [7, 11) is 0. The first kappa shape index (κ1) is 34.2. The summed E-state index contributed by atoms with van der Waals surface area (Å²) >= 11 is 0. The monoisotopic (exact) mass is 594 g/mol. The number of esters is 2. The molecule has 3 rings (SSSR count). The number of cyclic esters (lactones) is 1. The summed E-state index contributed by atoms with van der Waals surface area (Å²) in [5.74, 6) is -1.07.